The van der Waals surface area contributed by atoms with Crippen LogP contribution in [0.4, 0.5) is 0 Å². The summed E-state index contributed by atoms with van der Waals surface area (Å²) in [5.41, 5.74) is 0. The van der Waals surface area contributed by atoms with Gasteiger partial charge < -0.3 is 20.8 Å². The van der Waals surface area contributed by atoms with Gasteiger partial charge in [-0.05, 0) is 6.92 Å². The van der Waals surface area contributed by atoms with Gasteiger partial charge in [-0.25, -0.2) is 0 Å². The summed E-state index contributed by atoms with van der Waals surface area (Å²) in [6.45, 7) is 7.68. The molecular formula is C6H18O4. The van der Waals surface area contributed by atoms with Crippen LogP contribution in [0.2, 0.25) is 0 Å². The van der Waals surface area contributed by atoms with Crippen molar-refractivity contribution in [1.29, 1.82) is 0 Å². The molecule has 0 heterocycles. The molecule has 0 saturated heterocycles. The fourth-order valence-corrected chi connectivity index (χ4v) is 0. The standard InChI is InChI=1S/C2H6O2.C2H6O.C2H4.H2O/c3-1-2-4;1-2-3;1-2;/h3-4H,1-2H2;3H,2H2,1H3;1-2H2;1H2. The Morgan fingerprint density at radius 1 is 1.00 bits per heavy atom. The maximum absolute atomic E-state index is 7.62. The quantitative estimate of drug-likeness (QED) is 0.421. The zero-order chi connectivity index (χ0) is 8.12. The van der Waals surface area contributed by atoms with E-state index in [1.807, 2.05) is 0 Å². The highest BCUT2D eigenvalue weighted by atomic mass is 16.3. The summed E-state index contributed by atoms with van der Waals surface area (Å²) >= 11 is 0. The van der Waals surface area contributed by atoms with E-state index in [1.165, 1.54) is 0 Å². The van der Waals surface area contributed by atoms with Gasteiger partial charge in [0.1, 0.15) is 0 Å². The molecule has 0 fully saturated rings. The molecule has 0 aliphatic heterocycles. The third kappa shape index (κ3) is 976. The van der Waals surface area contributed by atoms with Crippen LogP contribution in [0.15, 0.2) is 13.2 Å². The lowest BCUT2D eigenvalue weighted by atomic mass is 10.8. The number of aliphatic hydroxyl groups excluding tert-OH is 3. The van der Waals surface area contributed by atoms with E-state index in [0.717, 1.165) is 0 Å². The summed E-state index contributed by atoms with van der Waals surface area (Å²) in [6, 6.07) is 0. The molecule has 5 N–H and O–H groups in total. The van der Waals surface area contributed by atoms with E-state index in [4.69, 9.17) is 15.3 Å². The number of rotatable bonds is 1. The van der Waals surface area contributed by atoms with Crippen molar-refractivity contribution in [3.8, 4) is 0 Å². The van der Waals surface area contributed by atoms with Crippen molar-refractivity contribution >= 4 is 0 Å². The Labute approximate surface area is 61.7 Å². The van der Waals surface area contributed by atoms with Gasteiger partial charge in [0.2, 0.25) is 0 Å². The van der Waals surface area contributed by atoms with Crippen LogP contribution in [0.25, 0.3) is 0 Å². The maximum Gasteiger partial charge on any atom is 0.0662 e. The molecule has 0 amide bonds. The first kappa shape index (κ1) is 22.7. The Kier molecular flexibility index (Phi) is 168. The first-order chi connectivity index (χ1) is 4.33. The van der Waals surface area contributed by atoms with Crippen molar-refractivity contribution in [2.24, 2.45) is 0 Å². The molecule has 0 rings (SSSR count). The van der Waals surface area contributed by atoms with Gasteiger partial charge in [-0.3, -0.25) is 0 Å². The Morgan fingerprint density at radius 3 is 1.10 bits per heavy atom. The fraction of sp³-hybridized carbons (Fsp3) is 0.667. The van der Waals surface area contributed by atoms with Crippen molar-refractivity contribution in [2.45, 2.75) is 6.92 Å². The second-order valence-electron chi connectivity index (χ2n) is 0.763. The molecule has 66 valence electrons. The third-order valence-electron chi connectivity index (χ3n) is 0.1000. The normalized spacial score (nSPS) is 5.20. The van der Waals surface area contributed by atoms with Crippen LogP contribution in [-0.2, 0) is 0 Å². The molecule has 0 aliphatic rings. The molecule has 0 aliphatic carbocycles. The third-order valence-corrected chi connectivity index (χ3v) is 0.1000. The summed E-state index contributed by atoms with van der Waals surface area (Å²) in [5.74, 6) is 0. The number of hydrogen-bond donors (Lipinski definition) is 3. The minimum Gasteiger partial charge on any atom is -0.412 e. The molecule has 0 aromatic heterocycles. The number of aliphatic hydroxyl groups is 3. The smallest absolute Gasteiger partial charge is 0.0662 e. The summed E-state index contributed by atoms with van der Waals surface area (Å²) in [4.78, 5) is 0. The van der Waals surface area contributed by atoms with Gasteiger partial charge in [0, 0.05) is 6.61 Å². The van der Waals surface area contributed by atoms with Gasteiger partial charge in [-0.2, -0.15) is 0 Å². The van der Waals surface area contributed by atoms with Crippen molar-refractivity contribution < 1.29 is 20.8 Å². The van der Waals surface area contributed by atoms with E-state index in [0.29, 0.717) is 0 Å². The zero-order valence-corrected chi connectivity index (χ0v) is 6.38. The Bertz CT molecular complexity index is 23.7. The zero-order valence-electron chi connectivity index (χ0n) is 6.38. The van der Waals surface area contributed by atoms with Crippen molar-refractivity contribution in [1.82, 2.24) is 0 Å². The van der Waals surface area contributed by atoms with Crippen LogP contribution in [-0.4, -0.2) is 40.6 Å². The lowest BCUT2D eigenvalue weighted by molar-refractivity contribution is 0.186. The minimum atomic E-state index is -0.125. The van der Waals surface area contributed by atoms with E-state index in [2.05, 4.69) is 13.2 Å². The van der Waals surface area contributed by atoms with Crippen LogP contribution in [0.5, 0.6) is 0 Å². The lowest BCUT2D eigenvalue weighted by Crippen LogP contribution is -1.85. The minimum absolute atomic E-state index is 0. The monoisotopic (exact) mass is 154 g/mol. The first-order valence-electron chi connectivity index (χ1n) is 2.66. The van der Waals surface area contributed by atoms with Crippen molar-refractivity contribution in [2.75, 3.05) is 19.8 Å². The van der Waals surface area contributed by atoms with E-state index in [-0.39, 0.29) is 25.3 Å². The predicted molar refractivity (Wildman–Crippen MR) is 41.8 cm³/mol. The molecular weight excluding hydrogens is 136 g/mol. The Morgan fingerprint density at radius 2 is 1.10 bits per heavy atom. The van der Waals surface area contributed by atoms with E-state index in [9.17, 15) is 0 Å². The molecule has 4 nitrogen and oxygen atoms in total. The largest absolute Gasteiger partial charge is 0.412 e. The lowest BCUT2D eigenvalue weighted by Gasteiger charge is -1.70. The summed E-state index contributed by atoms with van der Waals surface area (Å²) in [7, 11) is 0. The molecule has 0 aromatic carbocycles. The topological polar surface area (TPSA) is 92.2 Å². The molecule has 0 unspecified atom stereocenters. The van der Waals surface area contributed by atoms with Crippen LogP contribution in [0.1, 0.15) is 6.92 Å². The van der Waals surface area contributed by atoms with Gasteiger partial charge in [0.05, 0.1) is 13.2 Å². The Balaban J connectivity index is -0.0000000273. The van der Waals surface area contributed by atoms with Gasteiger partial charge in [0.25, 0.3) is 0 Å². The second kappa shape index (κ2) is 74.1. The molecule has 0 atom stereocenters. The molecule has 0 spiro atoms. The molecule has 0 radical (unpaired) electrons. The highest BCUT2D eigenvalue weighted by Gasteiger charge is 1.58. The molecule has 4 heteroatoms. The SMILES string of the molecule is C=C.CCO.O.OCCO. The van der Waals surface area contributed by atoms with Crippen molar-refractivity contribution in [3.63, 3.8) is 0 Å². The Hall–Kier alpha value is -0.420. The molecule has 0 saturated carbocycles. The number of hydrogen-bond acceptors (Lipinski definition) is 3. The average Bonchev–Trinajstić information content (AvgIpc) is 1.94. The van der Waals surface area contributed by atoms with Gasteiger partial charge in [-0.1, -0.05) is 0 Å². The molecule has 0 aromatic rings. The highest BCUT2D eigenvalue weighted by Crippen LogP contribution is 1.39. The van der Waals surface area contributed by atoms with Gasteiger partial charge in [0.15, 0.2) is 0 Å². The van der Waals surface area contributed by atoms with Gasteiger partial charge in [-0.15, -0.1) is 13.2 Å². The summed E-state index contributed by atoms with van der Waals surface area (Å²) < 4.78 is 0. The van der Waals surface area contributed by atoms with E-state index < -0.39 is 0 Å². The van der Waals surface area contributed by atoms with Crippen LogP contribution in [0, 0.1) is 0 Å². The van der Waals surface area contributed by atoms with E-state index >= 15 is 0 Å². The average molecular weight is 154 g/mol. The van der Waals surface area contributed by atoms with Gasteiger partial charge >= 0.3 is 0 Å². The molecule has 10 heavy (non-hydrogen) atoms. The van der Waals surface area contributed by atoms with Crippen molar-refractivity contribution in [3.05, 3.63) is 13.2 Å². The van der Waals surface area contributed by atoms with Crippen LogP contribution < -0.4 is 0 Å². The maximum atomic E-state index is 7.62. The predicted octanol–water partition coefficient (Wildman–Crippen LogP) is -1.05. The second-order valence-corrected chi connectivity index (χ2v) is 0.763. The highest BCUT2D eigenvalue weighted by molar-refractivity contribution is 4.22. The first-order valence-corrected chi connectivity index (χ1v) is 2.66. The molecule has 0 bridgehead atoms. The summed E-state index contributed by atoms with van der Waals surface area (Å²) in [5, 5.41) is 22.8. The fourth-order valence-electron chi connectivity index (χ4n) is 0. The van der Waals surface area contributed by atoms with Crippen LogP contribution in [0.3, 0.4) is 0 Å². The van der Waals surface area contributed by atoms with Crippen LogP contribution >= 0.6 is 0 Å². The van der Waals surface area contributed by atoms with E-state index in [1.54, 1.807) is 6.92 Å². The summed E-state index contributed by atoms with van der Waals surface area (Å²) in [6.07, 6.45) is 0.